The van der Waals surface area contributed by atoms with Crippen LogP contribution >= 0.6 is 23.2 Å². The van der Waals surface area contributed by atoms with Crippen LogP contribution in [-0.4, -0.2) is 26.3 Å². The normalized spacial score (nSPS) is 14.2. The number of benzene rings is 3. The predicted octanol–water partition coefficient (Wildman–Crippen LogP) is 6.32. The second kappa shape index (κ2) is 9.66. The molecule has 0 fully saturated rings. The van der Waals surface area contributed by atoms with Crippen molar-refractivity contribution in [3.05, 3.63) is 111 Å². The Kier molecular flexibility index (Phi) is 6.43. The monoisotopic (exact) mass is 505 g/mol. The van der Waals surface area contributed by atoms with Crippen molar-refractivity contribution in [3.8, 4) is 11.3 Å². The molecule has 35 heavy (non-hydrogen) atoms. The Balaban J connectivity index is 1.52. The largest absolute Gasteiger partial charge is 0.465 e. The van der Waals surface area contributed by atoms with Crippen LogP contribution in [0.25, 0.3) is 11.3 Å². The number of hydrogen-bond acceptors (Lipinski definition) is 4. The molecule has 8 heteroatoms. The molecule has 6 nitrogen and oxygen atoms in total. The summed E-state index contributed by atoms with van der Waals surface area (Å²) in [5.41, 5.74) is 6.25. The van der Waals surface area contributed by atoms with Crippen LogP contribution in [0.1, 0.15) is 33.7 Å². The van der Waals surface area contributed by atoms with Crippen molar-refractivity contribution in [1.82, 2.24) is 9.97 Å². The van der Waals surface area contributed by atoms with Crippen LogP contribution in [0, 0.1) is 0 Å². The number of anilines is 1. The molecule has 1 heterocycles. The lowest BCUT2D eigenvalue weighted by Gasteiger charge is -2.28. The van der Waals surface area contributed by atoms with Crippen molar-refractivity contribution in [1.29, 1.82) is 0 Å². The molecule has 176 valence electrons. The van der Waals surface area contributed by atoms with Crippen LogP contribution in [0.2, 0.25) is 10.0 Å². The topological polar surface area (TPSA) is 86.5 Å². The molecule has 3 aromatic carbocycles. The number of halogens is 2. The maximum atomic E-state index is 12.1. The van der Waals surface area contributed by atoms with Gasteiger partial charge in [-0.15, -0.1) is 0 Å². The Bertz CT molecular complexity index is 1410. The third-order valence-corrected chi connectivity index (χ3v) is 6.97. The molecule has 0 aliphatic heterocycles. The zero-order valence-electron chi connectivity index (χ0n) is 18.5. The Hall–Kier alpha value is -3.45. The zero-order chi connectivity index (χ0) is 24.5. The maximum Gasteiger partial charge on any atom is 0.414 e. The van der Waals surface area contributed by atoms with Crippen LogP contribution in [-0.2, 0) is 19.6 Å². The molecule has 0 saturated heterocycles. The summed E-state index contributed by atoms with van der Waals surface area (Å²) < 4.78 is 0. The number of aliphatic hydroxyl groups is 1. The van der Waals surface area contributed by atoms with Crippen LogP contribution in [0.15, 0.2) is 72.9 Å². The van der Waals surface area contributed by atoms with E-state index in [4.69, 9.17) is 28.2 Å². The highest BCUT2D eigenvalue weighted by Gasteiger charge is 2.29. The highest BCUT2D eigenvalue weighted by atomic mass is 35.5. The SMILES string of the molecule is O=C(O)N(Cc1ccc(CO)cc1)c1ncc2c(n1)-c1ccccc1[C@H](c1ccc(Cl)c(Cl)c1)C2. The number of aliphatic hydroxyl groups excluding tert-OH is 1. The van der Waals surface area contributed by atoms with E-state index in [-0.39, 0.29) is 25.0 Å². The van der Waals surface area contributed by atoms with Gasteiger partial charge >= 0.3 is 6.09 Å². The van der Waals surface area contributed by atoms with Crippen LogP contribution in [0.4, 0.5) is 10.7 Å². The van der Waals surface area contributed by atoms with Crippen molar-refractivity contribution in [2.45, 2.75) is 25.5 Å². The molecular weight excluding hydrogens is 485 g/mol. The summed E-state index contributed by atoms with van der Waals surface area (Å²) in [7, 11) is 0. The van der Waals surface area contributed by atoms with E-state index in [0.717, 1.165) is 44.0 Å². The molecule has 0 bridgehead atoms. The lowest BCUT2D eigenvalue weighted by molar-refractivity contribution is 0.201. The summed E-state index contributed by atoms with van der Waals surface area (Å²) in [6.45, 7) is 0.0207. The van der Waals surface area contributed by atoms with Gasteiger partial charge < -0.3 is 10.2 Å². The van der Waals surface area contributed by atoms with E-state index in [1.165, 1.54) is 0 Å². The van der Waals surface area contributed by atoms with Gasteiger partial charge in [0.1, 0.15) is 0 Å². The van der Waals surface area contributed by atoms with E-state index in [0.29, 0.717) is 16.5 Å². The Morgan fingerprint density at radius 1 is 1.00 bits per heavy atom. The minimum absolute atomic E-state index is 0.0449. The highest BCUT2D eigenvalue weighted by Crippen LogP contribution is 2.43. The van der Waals surface area contributed by atoms with Gasteiger partial charge in [0.25, 0.3) is 0 Å². The minimum atomic E-state index is -1.14. The molecule has 0 unspecified atom stereocenters. The van der Waals surface area contributed by atoms with Crippen molar-refractivity contribution in [2.75, 3.05) is 4.90 Å². The van der Waals surface area contributed by atoms with E-state index in [1.807, 2.05) is 30.3 Å². The standard InChI is InChI=1S/C27H21Cl2N3O3/c28-23-10-9-18(12-24(23)29)22-11-19-13-30-26(31-25(19)21-4-2-1-3-20(21)22)32(27(34)35)14-16-5-7-17(15-33)8-6-16/h1-10,12-13,22,33H,11,14-15H2,(H,34,35)/t22-/m0/s1. The summed E-state index contributed by atoms with van der Waals surface area (Å²) in [5, 5.41) is 20.2. The second-order valence-electron chi connectivity index (χ2n) is 8.40. The second-order valence-corrected chi connectivity index (χ2v) is 9.22. The van der Waals surface area contributed by atoms with E-state index >= 15 is 0 Å². The predicted molar refractivity (Wildman–Crippen MR) is 136 cm³/mol. The van der Waals surface area contributed by atoms with Crippen LogP contribution < -0.4 is 4.90 Å². The molecule has 0 radical (unpaired) electrons. The molecule has 2 N–H and O–H groups in total. The van der Waals surface area contributed by atoms with Crippen LogP contribution in [0.5, 0.6) is 0 Å². The molecule has 1 aliphatic carbocycles. The van der Waals surface area contributed by atoms with Crippen molar-refractivity contribution in [3.63, 3.8) is 0 Å². The van der Waals surface area contributed by atoms with Gasteiger partial charge in [-0.3, -0.25) is 0 Å². The zero-order valence-corrected chi connectivity index (χ0v) is 20.0. The van der Waals surface area contributed by atoms with E-state index < -0.39 is 6.09 Å². The number of aromatic nitrogens is 2. The first-order valence-electron chi connectivity index (χ1n) is 11.0. The third kappa shape index (κ3) is 4.60. The molecule has 1 aliphatic rings. The van der Waals surface area contributed by atoms with Gasteiger partial charge in [0.2, 0.25) is 5.95 Å². The molecule has 4 aromatic rings. The fourth-order valence-corrected chi connectivity index (χ4v) is 4.75. The first kappa shape index (κ1) is 23.3. The average Bonchev–Trinajstić information content (AvgIpc) is 2.88. The number of nitrogens with zero attached hydrogens (tertiary/aromatic N) is 3. The van der Waals surface area contributed by atoms with Gasteiger partial charge in [0.15, 0.2) is 0 Å². The minimum Gasteiger partial charge on any atom is -0.465 e. The smallest absolute Gasteiger partial charge is 0.414 e. The van der Waals surface area contributed by atoms with Crippen molar-refractivity contribution >= 4 is 35.2 Å². The number of amides is 1. The Labute approximate surface area is 212 Å². The fraction of sp³-hybridized carbons (Fsp3) is 0.148. The number of carbonyl (C=O) groups is 1. The summed E-state index contributed by atoms with van der Waals surface area (Å²) in [4.78, 5) is 22.4. The number of carboxylic acid groups (broad SMARTS) is 1. The number of fused-ring (bicyclic) bond motifs is 3. The van der Waals surface area contributed by atoms with Gasteiger partial charge in [-0.25, -0.2) is 19.7 Å². The summed E-state index contributed by atoms with van der Waals surface area (Å²) in [6.07, 6.45) is 1.22. The Morgan fingerprint density at radius 3 is 2.46 bits per heavy atom. The molecule has 1 amide bonds. The van der Waals surface area contributed by atoms with Gasteiger partial charge in [-0.05, 0) is 46.4 Å². The summed E-state index contributed by atoms with van der Waals surface area (Å²) >= 11 is 12.4. The molecule has 0 saturated carbocycles. The fourth-order valence-electron chi connectivity index (χ4n) is 4.44. The molecule has 1 atom stereocenters. The van der Waals surface area contributed by atoms with Crippen molar-refractivity contribution in [2.24, 2.45) is 0 Å². The molecular formula is C27H21Cl2N3O3. The van der Waals surface area contributed by atoms with Crippen LogP contribution in [0.3, 0.4) is 0 Å². The first-order chi connectivity index (χ1) is 16.9. The van der Waals surface area contributed by atoms with Gasteiger partial charge in [0, 0.05) is 17.7 Å². The number of hydrogen-bond donors (Lipinski definition) is 2. The van der Waals surface area contributed by atoms with Gasteiger partial charge in [-0.1, -0.05) is 77.8 Å². The van der Waals surface area contributed by atoms with E-state index in [9.17, 15) is 15.0 Å². The van der Waals surface area contributed by atoms with E-state index in [2.05, 4.69) is 11.1 Å². The molecule has 5 rings (SSSR count). The Morgan fingerprint density at radius 2 is 1.74 bits per heavy atom. The number of rotatable bonds is 5. The van der Waals surface area contributed by atoms with Gasteiger partial charge in [0.05, 0.1) is 28.9 Å². The highest BCUT2D eigenvalue weighted by molar-refractivity contribution is 6.42. The van der Waals surface area contributed by atoms with Crippen molar-refractivity contribution < 1.29 is 15.0 Å². The van der Waals surface area contributed by atoms with Gasteiger partial charge in [-0.2, -0.15) is 0 Å². The lowest BCUT2D eigenvalue weighted by atomic mass is 9.78. The average molecular weight is 506 g/mol. The first-order valence-corrected chi connectivity index (χ1v) is 11.8. The maximum absolute atomic E-state index is 12.1. The molecule has 0 spiro atoms. The third-order valence-electron chi connectivity index (χ3n) is 6.23. The quantitative estimate of drug-likeness (QED) is 0.331. The molecule has 1 aromatic heterocycles. The summed E-state index contributed by atoms with van der Waals surface area (Å²) in [6, 6.07) is 20.8. The summed E-state index contributed by atoms with van der Waals surface area (Å²) in [5.74, 6) is 0.161. The van der Waals surface area contributed by atoms with E-state index in [1.54, 1.807) is 36.5 Å². The lowest BCUT2D eigenvalue weighted by Crippen LogP contribution is -2.31.